The molecule has 1 unspecified atom stereocenters. The predicted molar refractivity (Wildman–Crippen MR) is 18.9 cm³/mol. The summed E-state index contributed by atoms with van der Waals surface area (Å²) in [4.78, 5) is 0. The van der Waals surface area contributed by atoms with Crippen LogP contribution in [0.5, 0.6) is 0 Å². The molecule has 5 heavy (non-hydrogen) atoms. The molecule has 1 atom stereocenters. The molecule has 0 fully saturated rings. The predicted octanol–water partition coefficient (Wildman–Crippen LogP) is -1.64. The molecule has 5 heteroatoms. The maximum atomic E-state index is 9.19. The van der Waals surface area contributed by atoms with Gasteiger partial charge in [-0.15, -0.1) is 0 Å². The van der Waals surface area contributed by atoms with Crippen LogP contribution in [0.3, 0.4) is 0 Å². The number of rotatable bonds is 1. The molecule has 1 radical (unpaired) electrons. The third kappa shape index (κ3) is 4.13. The summed E-state index contributed by atoms with van der Waals surface area (Å²) in [6, 6.07) is 0. The van der Waals surface area contributed by atoms with E-state index in [1.54, 1.807) is 0 Å². The molecular weight excluding hydrogens is 88.9 g/mol. The van der Waals surface area contributed by atoms with Crippen molar-refractivity contribution in [3.63, 3.8) is 0 Å². The van der Waals surface area contributed by atoms with Crippen LogP contribution in [0.4, 0.5) is 0 Å². The number of hydrogen-bond acceptors (Lipinski definition) is 3. The topological polar surface area (TPSA) is 66.2 Å². The summed E-state index contributed by atoms with van der Waals surface area (Å²) in [5.41, 5.74) is 4.43. The number of hydrogen-bond donors (Lipinski definition) is 1. The zero-order valence-electron chi connectivity index (χ0n) is 2.38. The van der Waals surface area contributed by atoms with Crippen LogP contribution in [-0.2, 0) is 10.9 Å². The SMILES string of the molecule is N[B]S(=O)[O-]. The smallest absolute Gasteiger partial charge is 0.307 e. The molecule has 0 aromatic rings. The normalized spacial score (nSPS) is 14.0. The van der Waals surface area contributed by atoms with Gasteiger partial charge in [0.1, 0.15) is 0 Å². The Morgan fingerprint density at radius 3 is 2.20 bits per heavy atom. The summed E-state index contributed by atoms with van der Waals surface area (Å²) in [5.74, 6) is 0. The molecule has 0 aliphatic carbocycles. The summed E-state index contributed by atoms with van der Waals surface area (Å²) in [5, 5.41) is 0. The van der Waals surface area contributed by atoms with E-state index >= 15 is 0 Å². The number of nitrogens with two attached hydrogens (primary N) is 1. The summed E-state index contributed by atoms with van der Waals surface area (Å²) >= 11 is 0. The average molecular weight is 90.9 g/mol. The lowest BCUT2D eigenvalue weighted by molar-refractivity contribution is 0.551. The van der Waals surface area contributed by atoms with Gasteiger partial charge in [-0.2, -0.15) is 0 Å². The Morgan fingerprint density at radius 1 is 2.00 bits per heavy atom. The highest BCUT2D eigenvalue weighted by Gasteiger charge is 1.69. The Balaban J connectivity index is 2.85. The van der Waals surface area contributed by atoms with E-state index in [0.29, 0.717) is 6.69 Å². The van der Waals surface area contributed by atoms with Crippen LogP contribution < -0.4 is 5.64 Å². The lowest BCUT2D eigenvalue weighted by atomic mass is 10.5. The fourth-order valence-corrected chi connectivity index (χ4v) is 0. The van der Waals surface area contributed by atoms with E-state index in [-0.39, 0.29) is 0 Å². The van der Waals surface area contributed by atoms with Crippen LogP contribution >= 0.6 is 0 Å². The van der Waals surface area contributed by atoms with Crippen molar-refractivity contribution in [2.45, 2.75) is 0 Å². The van der Waals surface area contributed by atoms with Gasteiger partial charge in [-0.3, -0.25) is 4.21 Å². The Bertz CT molecular complexity index is 44.9. The van der Waals surface area contributed by atoms with E-state index in [4.69, 9.17) is 0 Å². The Hall–Kier alpha value is 0.135. The molecule has 0 rings (SSSR count). The maximum absolute atomic E-state index is 9.19. The molecule has 0 saturated carbocycles. The summed E-state index contributed by atoms with van der Waals surface area (Å²) in [7, 11) is -2.17. The molecule has 3 nitrogen and oxygen atoms in total. The van der Waals surface area contributed by atoms with Crippen LogP contribution in [0.25, 0.3) is 0 Å². The first-order valence-electron chi connectivity index (χ1n) is 0.902. The standard InChI is InChI=1S/BH3NO2S/c2-1-5(3)4/h2H2,(H,3,4)/p-1. The first kappa shape index (κ1) is 5.13. The first-order valence-corrected chi connectivity index (χ1v) is 2.04. The maximum Gasteiger partial charge on any atom is 0.307 e. The Labute approximate surface area is 33.0 Å². The highest BCUT2D eigenvalue weighted by atomic mass is 32.2. The molecule has 0 heterocycles. The van der Waals surface area contributed by atoms with Crippen molar-refractivity contribution in [3.05, 3.63) is 0 Å². The highest BCUT2D eigenvalue weighted by molar-refractivity contribution is 8.04. The Morgan fingerprint density at radius 2 is 2.20 bits per heavy atom. The zero-order valence-corrected chi connectivity index (χ0v) is 3.20. The van der Waals surface area contributed by atoms with Crippen molar-refractivity contribution < 1.29 is 8.76 Å². The molecule has 0 aromatic heterocycles. The van der Waals surface area contributed by atoms with Gasteiger partial charge in [0.25, 0.3) is 0 Å². The molecule has 0 aliphatic heterocycles. The van der Waals surface area contributed by atoms with Gasteiger partial charge in [-0.25, -0.2) is 0 Å². The van der Waals surface area contributed by atoms with E-state index in [1.165, 1.54) is 0 Å². The van der Waals surface area contributed by atoms with E-state index in [0.717, 1.165) is 0 Å². The second-order valence-electron chi connectivity index (χ2n) is 0.397. The van der Waals surface area contributed by atoms with Crippen LogP contribution in [0.15, 0.2) is 0 Å². The van der Waals surface area contributed by atoms with Crippen LogP contribution in [0.1, 0.15) is 0 Å². The largest absolute Gasteiger partial charge is 0.781 e. The van der Waals surface area contributed by atoms with Gasteiger partial charge in [0.15, 0.2) is 0 Å². The van der Waals surface area contributed by atoms with Gasteiger partial charge >= 0.3 is 6.69 Å². The van der Waals surface area contributed by atoms with E-state index < -0.39 is 10.9 Å². The van der Waals surface area contributed by atoms with Crippen molar-refractivity contribution in [2.24, 2.45) is 5.64 Å². The minimum atomic E-state index is -2.17. The van der Waals surface area contributed by atoms with Gasteiger partial charge in [0.05, 0.1) is 0 Å². The lowest BCUT2D eigenvalue weighted by Gasteiger charge is -1.91. The van der Waals surface area contributed by atoms with E-state index in [2.05, 4.69) is 5.64 Å². The van der Waals surface area contributed by atoms with Crippen LogP contribution in [0.2, 0.25) is 0 Å². The highest BCUT2D eigenvalue weighted by Crippen LogP contribution is 1.50. The molecule has 0 spiro atoms. The van der Waals surface area contributed by atoms with Gasteiger partial charge in [-0.1, -0.05) is 10.9 Å². The van der Waals surface area contributed by atoms with E-state index in [1.807, 2.05) is 0 Å². The minimum absolute atomic E-state index is 0.583. The molecule has 0 aliphatic rings. The van der Waals surface area contributed by atoms with Crippen molar-refractivity contribution in [1.29, 1.82) is 0 Å². The lowest BCUT2D eigenvalue weighted by Crippen LogP contribution is -2.10. The fraction of sp³-hybridized carbons (Fsp3) is 0. The fourth-order valence-electron chi connectivity index (χ4n) is 0. The van der Waals surface area contributed by atoms with Gasteiger partial charge in [-0.05, 0) is 0 Å². The van der Waals surface area contributed by atoms with Gasteiger partial charge < -0.3 is 10.2 Å². The minimum Gasteiger partial charge on any atom is -0.781 e. The molecule has 0 aromatic carbocycles. The molecule has 0 saturated heterocycles. The van der Waals surface area contributed by atoms with Crippen LogP contribution in [-0.4, -0.2) is 15.5 Å². The van der Waals surface area contributed by atoms with Crippen molar-refractivity contribution in [1.82, 2.24) is 0 Å². The van der Waals surface area contributed by atoms with Gasteiger partial charge in [0, 0.05) is 0 Å². The summed E-state index contributed by atoms with van der Waals surface area (Å²) in [6.45, 7) is 0.583. The molecule has 29 valence electrons. The van der Waals surface area contributed by atoms with Crippen LogP contribution in [0, 0.1) is 0 Å². The molecule has 2 N–H and O–H groups in total. The third-order valence-corrected chi connectivity index (χ3v) is 0.333. The zero-order chi connectivity index (χ0) is 4.28. The van der Waals surface area contributed by atoms with E-state index in [9.17, 15) is 8.76 Å². The quantitative estimate of drug-likeness (QED) is 0.310. The van der Waals surface area contributed by atoms with Crippen molar-refractivity contribution in [3.8, 4) is 0 Å². The van der Waals surface area contributed by atoms with Crippen molar-refractivity contribution >= 4 is 17.6 Å². The second kappa shape index (κ2) is 2.38. The first-order chi connectivity index (χ1) is 2.27. The molecule has 0 bridgehead atoms. The summed E-state index contributed by atoms with van der Waals surface area (Å²) in [6.07, 6.45) is 0. The average Bonchev–Trinajstić information content (AvgIpc) is 1.38. The second-order valence-corrected chi connectivity index (χ2v) is 1.19. The third-order valence-electron chi connectivity index (χ3n) is 0.111. The molecular formula is H2BNO2S-. The molecule has 0 amide bonds. The summed E-state index contributed by atoms with van der Waals surface area (Å²) < 4.78 is 18.4. The monoisotopic (exact) mass is 91.0 g/mol. The van der Waals surface area contributed by atoms with Gasteiger partial charge in [0.2, 0.25) is 0 Å². The van der Waals surface area contributed by atoms with Crippen molar-refractivity contribution in [2.75, 3.05) is 0 Å². The Kier molecular flexibility index (Phi) is 2.44.